The third kappa shape index (κ3) is 5.77. The first-order valence-corrected chi connectivity index (χ1v) is 22.2. The molecule has 0 bridgehead atoms. The van der Waals surface area contributed by atoms with E-state index >= 15 is 0 Å². The summed E-state index contributed by atoms with van der Waals surface area (Å²) in [6, 6.07) is 86.8. The van der Waals surface area contributed by atoms with Gasteiger partial charge in [-0.05, 0) is 130 Å². The third-order valence-electron chi connectivity index (χ3n) is 13.3. The second-order valence-corrected chi connectivity index (χ2v) is 16.8. The van der Waals surface area contributed by atoms with Gasteiger partial charge in [-0.25, -0.2) is 0 Å². The molecule has 0 fully saturated rings. The molecule has 0 atom stereocenters. The maximum absolute atomic E-state index is 6.66. The van der Waals surface area contributed by atoms with Crippen LogP contribution in [-0.4, -0.2) is 0 Å². The Morgan fingerprint density at radius 1 is 0.292 bits per heavy atom. The van der Waals surface area contributed by atoms with E-state index in [2.05, 4.69) is 240 Å². The Morgan fingerprint density at radius 3 is 1.38 bits per heavy atom. The van der Waals surface area contributed by atoms with Crippen molar-refractivity contribution in [3.8, 4) is 33.8 Å². The van der Waals surface area contributed by atoms with Gasteiger partial charge in [0.05, 0.1) is 5.41 Å². The number of benzene rings is 10. The molecule has 1 spiro atoms. The fraction of sp³-hybridized carbons (Fsp3) is 0.0164. The summed E-state index contributed by atoms with van der Waals surface area (Å²) in [5.74, 6) is 1.76. The Hall–Kier alpha value is -8.60. The van der Waals surface area contributed by atoms with E-state index in [1.807, 2.05) is 12.1 Å². The monoisotopic (exact) mass is 832 g/mol. The zero-order chi connectivity index (χ0) is 42.9. The largest absolute Gasteiger partial charge is 0.457 e. The van der Waals surface area contributed by atoms with E-state index in [9.17, 15) is 0 Å². The molecule has 4 heteroatoms. The van der Waals surface area contributed by atoms with Crippen LogP contribution in [0.5, 0.6) is 11.5 Å². The van der Waals surface area contributed by atoms with Gasteiger partial charge in [0.2, 0.25) is 0 Å². The average molecular weight is 833 g/mol. The lowest BCUT2D eigenvalue weighted by molar-refractivity contribution is 0.436. The van der Waals surface area contributed by atoms with Crippen molar-refractivity contribution in [1.29, 1.82) is 0 Å². The molecular formula is C61H40N2O2. The Kier molecular flexibility index (Phi) is 8.40. The van der Waals surface area contributed by atoms with Gasteiger partial charge >= 0.3 is 0 Å². The van der Waals surface area contributed by atoms with E-state index < -0.39 is 5.41 Å². The van der Waals surface area contributed by atoms with E-state index in [0.717, 1.165) is 89.8 Å². The molecule has 0 radical (unpaired) electrons. The van der Waals surface area contributed by atoms with Crippen LogP contribution in [0.4, 0.5) is 34.1 Å². The molecule has 13 rings (SSSR count). The highest BCUT2D eigenvalue weighted by molar-refractivity contribution is 6.06. The molecule has 2 aliphatic rings. The van der Waals surface area contributed by atoms with Crippen LogP contribution in [0.25, 0.3) is 44.2 Å². The number of fused-ring (bicyclic) bond motifs is 12. The minimum absolute atomic E-state index is 0.587. The average Bonchev–Trinajstić information content (AvgIpc) is 3.89. The number of para-hydroxylation sites is 5. The standard InChI is InChI=1S/C61H40N2O2/c1-3-15-43(16-4-1)62(44-17-5-2-6-18-44)45-31-27-41(28-32-45)42-29-33-46(34-30-42)63(47-36-38-58-52(39-47)51-20-8-12-24-57(51)64-58)48-35-37-50-49-19-7-9-21-53(49)61(56(50)40-48)54-22-10-13-25-59(54)65-60-26-14-11-23-55(60)61/h1-40H. The smallest absolute Gasteiger partial charge is 0.135 e. The van der Waals surface area contributed by atoms with E-state index in [1.165, 1.54) is 22.3 Å². The fourth-order valence-electron chi connectivity index (χ4n) is 10.5. The zero-order valence-corrected chi connectivity index (χ0v) is 35.3. The maximum atomic E-state index is 6.66. The lowest BCUT2D eigenvalue weighted by Gasteiger charge is -2.39. The molecule has 0 saturated carbocycles. The topological polar surface area (TPSA) is 28.9 Å². The van der Waals surface area contributed by atoms with Crippen molar-refractivity contribution in [2.24, 2.45) is 0 Å². The highest BCUT2D eigenvalue weighted by Crippen LogP contribution is 2.62. The molecule has 65 heavy (non-hydrogen) atoms. The Balaban J connectivity index is 0.959. The van der Waals surface area contributed by atoms with Crippen molar-refractivity contribution in [3.05, 3.63) is 265 Å². The highest BCUT2D eigenvalue weighted by atomic mass is 16.5. The summed E-state index contributed by atoms with van der Waals surface area (Å²) in [6.45, 7) is 0. The third-order valence-corrected chi connectivity index (χ3v) is 13.3. The first-order valence-electron chi connectivity index (χ1n) is 22.2. The molecule has 306 valence electrons. The number of nitrogens with zero attached hydrogens (tertiary/aromatic N) is 2. The summed E-state index contributed by atoms with van der Waals surface area (Å²) in [6.07, 6.45) is 0. The number of hydrogen-bond acceptors (Lipinski definition) is 4. The van der Waals surface area contributed by atoms with Gasteiger partial charge in [0, 0.05) is 56.0 Å². The van der Waals surface area contributed by atoms with Crippen LogP contribution in [0.2, 0.25) is 0 Å². The Bertz CT molecular complexity index is 3490. The van der Waals surface area contributed by atoms with Crippen LogP contribution in [-0.2, 0) is 5.41 Å². The van der Waals surface area contributed by atoms with E-state index in [0.29, 0.717) is 0 Å². The molecule has 0 saturated heterocycles. The summed E-state index contributed by atoms with van der Waals surface area (Å²) in [5.41, 5.74) is 17.2. The van der Waals surface area contributed by atoms with Gasteiger partial charge in [-0.15, -0.1) is 0 Å². The quantitative estimate of drug-likeness (QED) is 0.160. The Labute approximate surface area is 377 Å². The van der Waals surface area contributed by atoms with Crippen LogP contribution < -0.4 is 14.5 Å². The second-order valence-electron chi connectivity index (χ2n) is 16.8. The van der Waals surface area contributed by atoms with Gasteiger partial charge in [-0.2, -0.15) is 0 Å². The van der Waals surface area contributed by atoms with Gasteiger partial charge in [-0.3, -0.25) is 0 Å². The van der Waals surface area contributed by atoms with Crippen LogP contribution >= 0.6 is 0 Å². The molecule has 10 aromatic carbocycles. The number of ether oxygens (including phenoxy) is 1. The number of anilines is 6. The molecule has 11 aromatic rings. The molecular weight excluding hydrogens is 793 g/mol. The molecule has 0 N–H and O–H groups in total. The zero-order valence-electron chi connectivity index (χ0n) is 35.3. The van der Waals surface area contributed by atoms with E-state index in [-0.39, 0.29) is 0 Å². The van der Waals surface area contributed by atoms with Crippen molar-refractivity contribution < 1.29 is 9.15 Å². The molecule has 1 aliphatic heterocycles. The lowest BCUT2D eigenvalue weighted by atomic mass is 9.66. The number of rotatable bonds is 7. The first-order chi connectivity index (χ1) is 32.2. The molecule has 1 aliphatic carbocycles. The van der Waals surface area contributed by atoms with E-state index in [4.69, 9.17) is 9.15 Å². The summed E-state index contributed by atoms with van der Waals surface area (Å²) in [5, 5.41) is 2.18. The fourth-order valence-corrected chi connectivity index (χ4v) is 10.5. The molecule has 0 amide bonds. The first kappa shape index (κ1) is 37.0. The summed E-state index contributed by atoms with van der Waals surface area (Å²) in [7, 11) is 0. The van der Waals surface area contributed by atoms with Crippen molar-refractivity contribution in [1.82, 2.24) is 0 Å². The van der Waals surface area contributed by atoms with Crippen molar-refractivity contribution in [2.75, 3.05) is 9.80 Å². The van der Waals surface area contributed by atoms with Crippen LogP contribution in [0.3, 0.4) is 0 Å². The predicted molar refractivity (Wildman–Crippen MR) is 266 cm³/mol. The molecule has 0 unspecified atom stereocenters. The summed E-state index contributed by atoms with van der Waals surface area (Å²) in [4.78, 5) is 4.68. The van der Waals surface area contributed by atoms with Crippen molar-refractivity contribution in [3.63, 3.8) is 0 Å². The molecule has 4 nitrogen and oxygen atoms in total. The van der Waals surface area contributed by atoms with E-state index in [1.54, 1.807) is 0 Å². The Morgan fingerprint density at radius 2 is 0.738 bits per heavy atom. The highest BCUT2D eigenvalue weighted by Gasteiger charge is 2.51. The minimum Gasteiger partial charge on any atom is -0.457 e. The molecule has 1 aromatic heterocycles. The SMILES string of the molecule is c1ccc(N(c2ccccc2)c2ccc(-c3ccc(N(c4ccc5c(c4)C4(c6ccccc6Oc6ccccc64)c4ccccc4-5)c4ccc5oc6ccccc6c5c4)cc3)cc2)cc1. The van der Waals surface area contributed by atoms with Crippen molar-refractivity contribution in [2.45, 2.75) is 5.41 Å². The molecule has 2 heterocycles. The summed E-state index contributed by atoms with van der Waals surface area (Å²) < 4.78 is 13.0. The predicted octanol–water partition coefficient (Wildman–Crippen LogP) is 16.7. The van der Waals surface area contributed by atoms with Crippen LogP contribution in [0.1, 0.15) is 22.3 Å². The number of furan rings is 1. The van der Waals surface area contributed by atoms with Crippen molar-refractivity contribution >= 4 is 56.1 Å². The van der Waals surface area contributed by atoms with Gasteiger partial charge in [0.15, 0.2) is 0 Å². The summed E-state index contributed by atoms with van der Waals surface area (Å²) >= 11 is 0. The second kappa shape index (κ2) is 14.8. The van der Waals surface area contributed by atoms with Gasteiger partial charge in [0.25, 0.3) is 0 Å². The normalized spacial score (nSPS) is 12.9. The maximum Gasteiger partial charge on any atom is 0.135 e. The number of hydrogen-bond donors (Lipinski definition) is 0. The van der Waals surface area contributed by atoms with Gasteiger partial charge in [-0.1, -0.05) is 146 Å². The van der Waals surface area contributed by atoms with Crippen LogP contribution in [0.15, 0.2) is 247 Å². The van der Waals surface area contributed by atoms with Crippen LogP contribution in [0, 0.1) is 0 Å². The lowest BCUT2D eigenvalue weighted by Crippen LogP contribution is -2.32. The van der Waals surface area contributed by atoms with Gasteiger partial charge < -0.3 is 19.0 Å². The minimum atomic E-state index is -0.587. The van der Waals surface area contributed by atoms with Gasteiger partial charge in [0.1, 0.15) is 22.7 Å².